The number of carbonyl (C=O) groups is 2. The van der Waals surface area contributed by atoms with E-state index in [2.05, 4.69) is 25.3 Å². The molecule has 1 unspecified atom stereocenters. The first-order valence-corrected chi connectivity index (χ1v) is 10.4. The van der Waals surface area contributed by atoms with Crippen molar-refractivity contribution < 1.29 is 14.3 Å². The quantitative estimate of drug-likeness (QED) is 0.646. The highest BCUT2D eigenvalue weighted by Crippen LogP contribution is 2.17. The van der Waals surface area contributed by atoms with Crippen molar-refractivity contribution in [1.82, 2.24) is 19.5 Å². The third kappa shape index (κ3) is 4.41. The molecule has 2 aromatic heterocycles. The molecule has 2 N–H and O–H groups in total. The number of hydrogen-bond donors (Lipinski definition) is 2. The Morgan fingerprint density at radius 2 is 2.00 bits per heavy atom. The van der Waals surface area contributed by atoms with Crippen LogP contribution in [0.2, 0.25) is 0 Å². The van der Waals surface area contributed by atoms with Gasteiger partial charge in [-0.1, -0.05) is 0 Å². The van der Waals surface area contributed by atoms with Crippen LogP contribution >= 0.6 is 0 Å². The van der Waals surface area contributed by atoms with Crippen LogP contribution in [-0.4, -0.2) is 89.7 Å². The highest BCUT2D eigenvalue weighted by Gasteiger charge is 2.32. The molecule has 164 valence electrons. The number of amides is 2. The minimum Gasteiger partial charge on any atom is -0.378 e. The average Bonchev–Trinajstić information content (AvgIpc) is 3.47. The number of morpholine rings is 1. The molecule has 2 aliphatic heterocycles. The third-order valence-corrected chi connectivity index (χ3v) is 5.50. The number of hydrogen-bond acceptors (Lipinski definition) is 8. The van der Waals surface area contributed by atoms with Crippen LogP contribution < -0.4 is 10.2 Å². The van der Waals surface area contributed by atoms with Gasteiger partial charge in [-0.15, -0.1) is 5.10 Å². The van der Waals surface area contributed by atoms with Crippen LogP contribution in [0.3, 0.4) is 0 Å². The number of rotatable bonds is 6. The van der Waals surface area contributed by atoms with E-state index >= 15 is 0 Å². The molecule has 4 rings (SSSR count). The van der Waals surface area contributed by atoms with Gasteiger partial charge in [0.2, 0.25) is 11.9 Å². The summed E-state index contributed by atoms with van der Waals surface area (Å²) in [6.45, 7) is 4.04. The van der Waals surface area contributed by atoms with Gasteiger partial charge in [-0.25, -0.2) is 4.52 Å². The highest BCUT2D eigenvalue weighted by molar-refractivity contribution is 6.49. The average molecular weight is 426 g/mol. The number of ether oxygens (including phenoxy) is 1. The maximum atomic E-state index is 12.9. The first-order chi connectivity index (χ1) is 15.1. The van der Waals surface area contributed by atoms with Crippen molar-refractivity contribution in [3.8, 4) is 0 Å². The van der Waals surface area contributed by atoms with Gasteiger partial charge >= 0.3 is 0 Å². The summed E-state index contributed by atoms with van der Waals surface area (Å²) in [5, 5.41) is 15.0. The molecule has 2 amide bonds. The Hall–Kier alpha value is -3.34. The molecule has 4 heterocycles. The van der Waals surface area contributed by atoms with Crippen LogP contribution in [0, 0.1) is 11.3 Å². The van der Waals surface area contributed by atoms with Gasteiger partial charge < -0.3 is 25.3 Å². The van der Waals surface area contributed by atoms with E-state index in [1.54, 1.807) is 27.7 Å². The number of aliphatic imine (C=N–C) groups is 1. The van der Waals surface area contributed by atoms with Crippen molar-refractivity contribution in [3.05, 3.63) is 18.3 Å². The fraction of sp³-hybridized carbons (Fsp3) is 0.500. The summed E-state index contributed by atoms with van der Waals surface area (Å²) in [5.74, 6) is -1.15. The van der Waals surface area contributed by atoms with E-state index in [4.69, 9.17) is 10.1 Å². The lowest BCUT2D eigenvalue weighted by Crippen LogP contribution is -2.42. The van der Waals surface area contributed by atoms with Gasteiger partial charge in [-0.2, -0.15) is 4.98 Å². The van der Waals surface area contributed by atoms with Crippen LogP contribution in [0.15, 0.2) is 23.3 Å². The predicted octanol–water partition coefficient (Wildman–Crippen LogP) is 0.463. The van der Waals surface area contributed by atoms with Crippen LogP contribution in [0.1, 0.15) is 12.8 Å². The predicted molar refractivity (Wildman–Crippen MR) is 116 cm³/mol. The minimum absolute atomic E-state index is 0.0160. The molecular formula is C20H26N8O3. The molecular weight excluding hydrogens is 400 g/mol. The van der Waals surface area contributed by atoms with E-state index < -0.39 is 11.8 Å². The number of nitrogens with one attached hydrogen (secondary N) is 2. The Morgan fingerprint density at radius 3 is 2.68 bits per heavy atom. The normalized spacial score (nSPS) is 18.3. The van der Waals surface area contributed by atoms with Crippen molar-refractivity contribution in [2.24, 2.45) is 10.9 Å². The van der Waals surface area contributed by atoms with E-state index in [9.17, 15) is 9.59 Å². The summed E-state index contributed by atoms with van der Waals surface area (Å²) in [4.78, 5) is 37.9. The molecule has 11 heteroatoms. The van der Waals surface area contributed by atoms with Crippen LogP contribution in [0.4, 0.5) is 11.6 Å². The molecule has 0 saturated carbocycles. The Bertz CT molecular complexity index is 1010. The van der Waals surface area contributed by atoms with Crippen LogP contribution in [-0.2, 0) is 14.3 Å². The molecule has 1 atom stereocenters. The largest absolute Gasteiger partial charge is 0.378 e. The third-order valence-electron chi connectivity index (χ3n) is 5.50. The van der Waals surface area contributed by atoms with E-state index in [0.717, 1.165) is 32.1 Å². The number of fused-ring (bicyclic) bond motifs is 1. The van der Waals surface area contributed by atoms with Crippen molar-refractivity contribution in [2.75, 3.05) is 56.7 Å². The number of aromatic nitrogens is 3. The van der Waals surface area contributed by atoms with Gasteiger partial charge in [0.05, 0.1) is 13.2 Å². The zero-order chi connectivity index (χ0) is 21.8. The van der Waals surface area contributed by atoms with Crippen molar-refractivity contribution in [2.45, 2.75) is 12.8 Å². The monoisotopic (exact) mass is 426 g/mol. The Kier molecular flexibility index (Phi) is 6.21. The van der Waals surface area contributed by atoms with E-state index in [0.29, 0.717) is 43.6 Å². The zero-order valence-corrected chi connectivity index (χ0v) is 17.5. The van der Waals surface area contributed by atoms with E-state index in [1.807, 2.05) is 0 Å². The summed E-state index contributed by atoms with van der Waals surface area (Å²) >= 11 is 0. The van der Waals surface area contributed by atoms with Gasteiger partial charge in [0.1, 0.15) is 11.6 Å². The molecule has 0 radical (unpaired) electrons. The number of carbonyl (C=O) groups excluding carboxylic acids is 2. The minimum atomic E-state index is -0.993. The second kappa shape index (κ2) is 9.21. The van der Waals surface area contributed by atoms with Crippen LogP contribution in [0.5, 0.6) is 0 Å². The van der Waals surface area contributed by atoms with E-state index in [-0.39, 0.29) is 11.6 Å². The lowest BCUT2D eigenvalue weighted by molar-refractivity contribution is -0.130. The molecule has 0 aliphatic carbocycles. The molecule has 2 aromatic rings. The maximum Gasteiger partial charge on any atom is 0.270 e. The second-order valence-electron chi connectivity index (χ2n) is 7.47. The van der Waals surface area contributed by atoms with Gasteiger partial charge in [-0.05, 0) is 18.9 Å². The standard InChI is InChI=1S/C20H26N8O3/c1-22-17(15(13-21)19(30)26-5-2-3-6-26)18(29)23-14-4-7-28-16(12-14)24-20(25-28)27-8-10-31-11-9-27/h4,7,12-13,15,21H,2-3,5-6,8-11H2,1H3,(H,23,29). The van der Waals surface area contributed by atoms with Crippen LogP contribution in [0.25, 0.3) is 5.65 Å². The zero-order valence-electron chi connectivity index (χ0n) is 17.5. The first kappa shape index (κ1) is 20.9. The number of nitrogens with zero attached hydrogens (tertiary/aromatic N) is 6. The molecule has 31 heavy (non-hydrogen) atoms. The summed E-state index contributed by atoms with van der Waals surface area (Å²) in [5.41, 5.74) is 1.12. The van der Waals surface area contributed by atoms with Gasteiger partial charge in [-0.3, -0.25) is 14.6 Å². The summed E-state index contributed by atoms with van der Waals surface area (Å²) in [7, 11) is 1.46. The molecule has 2 aliphatic rings. The van der Waals surface area contributed by atoms with Gasteiger partial charge in [0.15, 0.2) is 5.65 Å². The molecule has 2 fully saturated rings. The lowest BCUT2D eigenvalue weighted by Gasteiger charge is -2.25. The molecule has 11 nitrogen and oxygen atoms in total. The molecule has 0 bridgehead atoms. The summed E-state index contributed by atoms with van der Waals surface area (Å²) < 4.78 is 7.01. The Morgan fingerprint density at radius 1 is 1.26 bits per heavy atom. The van der Waals surface area contributed by atoms with Crippen molar-refractivity contribution in [1.29, 1.82) is 5.41 Å². The maximum absolute atomic E-state index is 12.9. The summed E-state index contributed by atoms with van der Waals surface area (Å²) in [6.07, 6.45) is 4.57. The second-order valence-corrected chi connectivity index (χ2v) is 7.47. The topological polar surface area (TPSA) is 128 Å². The first-order valence-electron chi connectivity index (χ1n) is 10.4. The smallest absolute Gasteiger partial charge is 0.270 e. The summed E-state index contributed by atoms with van der Waals surface area (Å²) in [6, 6.07) is 3.42. The van der Waals surface area contributed by atoms with Crippen molar-refractivity contribution in [3.63, 3.8) is 0 Å². The fourth-order valence-corrected chi connectivity index (χ4v) is 3.82. The number of anilines is 2. The molecule has 0 aromatic carbocycles. The SMILES string of the molecule is CN=C(C(=O)Nc1ccn2nc(N3CCOCC3)nc2c1)C(C=N)C(=O)N1CCCC1. The Balaban J connectivity index is 1.49. The number of likely N-dealkylation sites (tertiary alicyclic amines) is 1. The molecule has 0 spiro atoms. The number of pyridine rings is 1. The van der Waals surface area contributed by atoms with Crippen molar-refractivity contribution >= 4 is 41.0 Å². The fourth-order valence-electron chi connectivity index (χ4n) is 3.82. The highest BCUT2D eigenvalue weighted by atomic mass is 16.5. The van der Waals surface area contributed by atoms with E-state index in [1.165, 1.54) is 7.05 Å². The van der Waals surface area contributed by atoms with Gasteiger partial charge in [0, 0.05) is 57.4 Å². The van der Waals surface area contributed by atoms with Gasteiger partial charge in [0.25, 0.3) is 5.91 Å². The Labute approximate surface area is 179 Å². The molecule has 2 saturated heterocycles. The lowest BCUT2D eigenvalue weighted by atomic mass is 10.0.